The number of likely N-dealkylation sites (tertiary alicyclic amines) is 1. The summed E-state index contributed by atoms with van der Waals surface area (Å²) in [5, 5.41) is 4.34. The number of hydrogen-bond acceptors (Lipinski definition) is 1. The van der Waals surface area contributed by atoms with Crippen LogP contribution in [0.4, 0.5) is 0 Å². The van der Waals surface area contributed by atoms with Crippen LogP contribution in [0.25, 0.3) is 0 Å². The molecule has 1 fully saturated rings. The largest absolute Gasteiger partial charge is 0.297 e. The van der Waals surface area contributed by atoms with Crippen molar-refractivity contribution in [2.75, 3.05) is 20.1 Å². The fraction of sp³-hybridized carbons (Fsp3) is 0.500. The summed E-state index contributed by atoms with van der Waals surface area (Å²) in [7, 11) is 1.93. The first-order valence-electron chi connectivity index (χ1n) is 5.23. The quantitative estimate of drug-likeness (QED) is 0.704. The van der Waals surface area contributed by atoms with E-state index in [1.165, 1.54) is 18.5 Å². The van der Waals surface area contributed by atoms with Gasteiger partial charge in [-0.25, -0.2) is 5.32 Å². The Morgan fingerprint density at radius 2 is 2.14 bits per heavy atom. The zero-order chi connectivity index (χ0) is 9.80. The van der Waals surface area contributed by atoms with Crippen LogP contribution in [0.1, 0.15) is 12.0 Å². The van der Waals surface area contributed by atoms with E-state index in [-0.39, 0.29) is 0 Å². The predicted molar refractivity (Wildman–Crippen MR) is 58.2 cm³/mol. The highest BCUT2D eigenvalue weighted by molar-refractivity contribution is 5.14. The molecule has 0 aromatic heterocycles. The molecule has 0 saturated carbocycles. The lowest BCUT2D eigenvalue weighted by Gasteiger charge is -2.15. The van der Waals surface area contributed by atoms with E-state index in [4.69, 9.17) is 0 Å². The molecule has 0 spiro atoms. The number of rotatable bonds is 3. The van der Waals surface area contributed by atoms with Crippen LogP contribution < -0.4 is 5.32 Å². The fourth-order valence-electron chi connectivity index (χ4n) is 2.01. The van der Waals surface area contributed by atoms with Crippen LogP contribution in [0.5, 0.6) is 0 Å². The van der Waals surface area contributed by atoms with Gasteiger partial charge in [-0.2, -0.15) is 0 Å². The molecule has 1 atom stereocenters. The third-order valence-electron chi connectivity index (χ3n) is 2.86. The van der Waals surface area contributed by atoms with Gasteiger partial charge in [0.1, 0.15) is 0 Å². The van der Waals surface area contributed by atoms with Gasteiger partial charge < -0.3 is 0 Å². The van der Waals surface area contributed by atoms with Gasteiger partial charge in [0.25, 0.3) is 0 Å². The first kappa shape index (κ1) is 9.69. The molecule has 14 heavy (non-hydrogen) atoms. The molecule has 0 bridgehead atoms. The van der Waals surface area contributed by atoms with Crippen molar-refractivity contribution >= 4 is 0 Å². The van der Waals surface area contributed by atoms with Crippen LogP contribution in [0.3, 0.4) is 0 Å². The van der Waals surface area contributed by atoms with Gasteiger partial charge in [0.05, 0.1) is 0 Å². The number of hydrogen-bond donors (Lipinski definition) is 0. The van der Waals surface area contributed by atoms with Gasteiger partial charge in [-0.1, -0.05) is 30.3 Å². The van der Waals surface area contributed by atoms with E-state index in [0.717, 1.165) is 13.1 Å². The zero-order valence-corrected chi connectivity index (χ0v) is 8.69. The molecule has 1 radical (unpaired) electrons. The molecule has 0 amide bonds. The molecule has 2 rings (SSSR count). The number of likely N-dealkylation sites (N-methyl/N-ethyl adjacent to an activating group) is 1. The molecule has 2 nitrogen and oxygen atoms in total. The Balaban J connectivity index is 1.88. The van der Waals surface area contributed by atoms with Gasteiger partial charge in [0.15, 0.2) is 0 Å². The number of benzene rings is 1. The Bertz CT molecular complexity index is 271. The molecular formula is C12H17N2. The molecule has 75 valence electrons. The second-order valence-electron chi connectivity index (χ2n) is 3.92. The second-order valence-corrected chi connectivity index (χ2v) is 3.92. The van der Waals surface area contributed by atoms with E-state index in [2.05, 4.69) is 40.5 Å². The maximum Gasteiger partial charge on any atom is 0.0382 e. The minimum absolute atomic E-state index is 0.568. The van der Waals surface area contributed by atoms with Gasteiger partial charge in [0.2, 0.25) is 0 Å². The smallest absolute Gasteiger partial charge is 0.0382 e. The fourth-order valence-corrected chi connectivity index (χ4v) is 2.01. The Hall–Kier alpha value is -0.860. The summed E-state index contributed by atoms with van der Waals surface area (Å²) in [6.45, 7) is 3.40. The molecule has 1 heterocycles. The Kier molecular flexibility index (Phi) is 3.17. The normalized spacial score (nSPS) is 22.8. The van der Waals surface area contributed by atoms with Crippen LogP contribution in [0.2, 0.25) is 0 Å². The molecule has 1 aromatic rings. The topological polar surface area (TPSA) is 17.3 Å². The van der Waals surface area contributed by atoms with Crippen LogP contribution in [0, 0.1) is 0 Å². The summed E-state index contributed by atoms with van der Waals surface area (Å²) >= 11 is 0. The van der Waals surface area contributed by atoms with Crippen molar-refractivity contribution in [2.24, 2.45) is 0 Å². The van der Waals surface area contributed by atoms with Gasteiger partial charge in [-0.05, 0) is 12.0 Å². The highest BCUT2D eigenvalue weighted by Gasteiger charge is 2.21. The first-order valence-corrected chi connectivity index (χ1v) is 5.23. The van der Waals surface area contributed by atoms with E-state index >= 15 is 0 Å². The molecule has 0 N–H and O–H groups in total. The molecule has 1 aromatic carbocycles. The van der Waals surface area contributed by atoms with Gasteiger partial charge in [-0.15, -0.1) is 0 Å². The monoisotopic (exact) mass is 189 g/mol. The Morgan fingerprint density at radius 3 is 2.79 bits per heavy atom. The van der Waals surface area contributed by atoms with E-state index in [0.29, 0.717) is 6.04 Å². The molecule has 1 unspecified atom stereocenters. The summed E-state index contributed by atoms with van der Waals surface area (Å²) in [5.41, 5.74) is 1.41. The van der Waals surface area contributed by atoms with E-state index in [9.17, 15) is 0 Å². The predicted octanol–water partition coefficient (Wildman–Crippen LogP) is 1.50. The summed E-state index contributed by atoms with van der Waals surface area (Å²) < 4.78 is 0. The third-order valence-corrected chi connectivity index (χ3v) is 2.86. The first-order chi connectivity index (χ1) is 6.88. The van der Waals surface area contributed by atoms with E-state index < -0.39 is 0 Å². The van der Waals surface area contributed by atoms with Crippen LogP contribution in [-0.4, -0.2) is 31.1 Å². The average molecular weight is 189 g/mol. The lowest BCUT2D eigenvalue weighted by molar-refractivity contribution is 0.322. The molecule has 2 heteroatoms. The standard InChI is InChI=1S/C12H17N2/c1-13-12-7-8-14(10-12)9-11-5-3-2-4-6-11/h2-6,12H,7-10H2,1H3. The van der Waals surface area contributed by atoms with Crippen LogP contribution in [-0.2, 0) is 6.54 Å². The van der Waals surface area contributed by atoms with Crippen molar-refractivity contribution in [2.45, 2.75) is 19.0 Å². The Labute approximate surface area is 85.9 Å². The molecule has 0 aliphatic carbocycles. The van der Waals surface area contributed by atoms with Gasteiger partial charge >= 0.3 is 0 Å². The molecule has 1 aliphatic rings. The lowest BCUT2D eigenvalue weighted by Crippen LogP contribution is -2.25. The maximum absolute atomic E-state index is 4.34. The lowest BCUT2D eigenvalue weighted by atomic mass is 10.2. The minimum atomic E-state index is 0.568. The second kappa shape index (κ2) is 4.58. The molecular weight excluding hydrogens is 172 g/mol. The molecule has 1 saturated heterocycles. The number of nitrogens with zero attached hydrogens (tertiary/aromatic N) is 2. The summed E-state index contributed by atoms with van der Waals surface area (Å²) in [6.07, 6.45) is 1.23. The van der Waals surface area contributed by atoms with E-state index in [1.807, 2.05) is 7.05 Å². The van der Waals surface area contributed by atoms with Crippen molar-refractivity contribution in [1.29, 1.82) is 0 Å². The van der Waals surface area contributed by atoms with Crippen molar-refractivity contribution in [3.63, 3.8) is 0 Å². The van der Waals surface area contributed by atoms with Crippen molar-refractivity contribution < 1.29 is 0 Å². The highest BCUT2D eigenvalue weighted by atomic mass is 15.2. The van der Waals surface area contributed by atoms with Crippen molar-refractivity contribution in [1.82, 2.24) is 10.2 Å². The summed E-state index contributed by atoms with van der Waals surface area (Å²) in [5.74, 6) is 0. The summed E-state index contributed by atoms with van der Waals surface area (Å²) in [4.78, 5) is 2.48. The SMILES string of the molecule is C[N]C1CCN(Cc2ccccc2)C1. The highest BCUT2D eigenvalue weighted by Crippen LogP contribution is 2.13. The van der Waals surface area contributed by atoms with E-state index in [1.54, 1.807) is 0 Å². The third kappa shape index (κ3) is 2.34. The van der Waals surface area contributed by atoms with Crippen molar-refractivity contribution in [3.8, 4) is 0 Å². The van der Waals surface area contributed by atoms with Crippen LogP contribution in [0.15, 0.2) is 30.3 Å². The average Bonchev–Trinajstić information content (AvgIpc) is 2.67. The molecule has 1 aliphatic heterocycles. The van der Waals surface area contributed by atoms with Crippen LogP contribution >= 0.6 is 0 Å². The minimum Gasteiger partial charge on any atom is -0.297 e. The summed E-state index contributed by atoms with van der Waals surface area (Å²) in [6, 6.07) is 11.2. The Morgan fingerprint density at radius 1 is 1.36 bits per heavy atom. The van der Waals surface area contributed by atoms with Gasteiger partial charge in [0, 0.05) is 32.7 Å². The maximum atomic E-state index is 4.34. The zero-order valence-electron chi connectivity index (χ0n) is 8.69. The van der Waals surface area contributed by atoms with Crippen molar-refractivity contribution in [3.05, 3.63) is 35.9 Å². The van der Waals surface area contributed by atoms with Gasteiger partial charge in [-0.3, -0.25) is 4.90 Å².